The highest BCUT2D eigenvalue weighted by Crippen LogP contribution is 2.42. The highest BCUT2D eigenvalue weighted by Gasteiger charge is 2.34. The van der Waals surface area contributed by atoms with E-state index in [1.54, 1.807) is 0 Å². The largest absolute Gasteiger partial charge is 0.424 e. The molecule has 2 aliphatic rings. The van der Waals surface area contributed by atoms with E-state index in [-0.39, 0.29) is 6.85 Å². The van der Waals surface area contributed by atoms with E-state index < -0.39 is 0 Å². The van der Waals surface area contributed by atoms with Crippen molar-refractivity contribution in [2.45, 2.75) is 12.2 Å². The fourth-order valence-corrected chi connectivity index (χ4v) is 6.12. The maximum Gasteiger partial charge on any atom is 0.291 e. The van der Waals surface area contributed by atoms with Crippen LogP contribution in [0.3, 0.4) is 0 Å². The maximum atomic E-state index is 3.91. The second-order valence-electron chi connectivity index (χ2n) is 10.2. The third-order valence-electron chi connectivity index (χ3n) is 7.82. The number of nitrogens with one attached hydrogen (secondary N) is 1. The molecule has 1 aliphatic carbocycles. The van der Waals surface area contributed by atoms with Gasteiger partial charge in [0.05, 0.1) is 0 Å². The van der Waals surface area contributed by atoms with Gasteiger partial charge in [-0.1, -0.05) is 127 Å². The van der Waals surface area contributed by atoms with Crippen LogP contribution >= 0.6 is 0 Å². The Morgan fingerprint density at radius 1 is 0.579 bits per heavy atom. The molecule has 7 rings (SSSR count). The fourth-order valence-electron chi connectivity index (χ4n) is 6.12. The molecule has 0 saturated carbocycles. The SMILES string of the molecule is C1=CC(c2cccc3c2B(Nc2ccccc2)Cc2cc(-c4ccccc4)cc(-c4ccccc4)c2-3)C=C1. The van der Waals surface area contributed by atoms with Gasteiger partial charge in [0.2, 0.25) is 0 Å². The molecule has 0 amide bonds. The monoisotopic (exact) mass is 485 g/mol. The van der Waals surface area contributed by atoms with Gasteiger partial charge < -0.3 is 5.23 Å². The summed E-state index contributed by atoms with van der Waals surface area (Å²) >= 11 is 0. The Bertz CT molecular complexity index is 1640. The summed E-state index contributed by atoms with van der Waals surface area (Å²) in [6.07, 6.45) is 9.88. The van der Waals surface area contributed by atoms with Gasteiger partial charge >= 0.3 is 0 Å². The van der Waals surface area contributed by atoms with Gasteiger partial charge in [0.1, 0.15) is 0 Å². The van der Waals surface area contributed by atoms with E-state index in [1.807, 2.05) is 0 Å². The molecule has 0 fully saturated rings. The van der Waals surface area contributed by atoms with Crippen LogP contribution < -0.4 is 10.7 Å². The van der Waals surface area contributed by atoms with Crippen LogP contribution in [0.25, 0.3) is 33.4 Å². The molecular formula is C36H28BN. The molecule has 5 aromatic rings. The molecule has 1 heterocycles. The zero-order valence-corrected chi connectivity index (χ0v) is 21.2. The number of hydrogen-bond acceptors (Lipinski definition) is 1. The third-order valence-corrected chi connectivity index (χ3v) is 7.82. The minimum Gasteiger partial charge on any atom is -0.424 e. The van der Waals surface area contributed by atoms with Crippen LogP contribution in [-0.2, 0) is 6.32 Å². The van der Waals surface area contributed by atoms with Crippen molar-refractivity contribution >= 4 is 18.0 Å². The summed E-state index contributed by atoms with van der Waals surface area (Å²) in [7, 11) is 0. The first-order valence-corrected chi connectivity index (χ1v) is 13.4. The molecule has 0 unspecified atom stereocenters. The number of hydrogen-bond donors (Lipinski definition) is 1. The van der Waals surface area contributed by atoms with Crippen molar-refractivity contribution in [1.82, 2.24) is 0 Å². The van der Waals surface area contributed by atoms with E-state index in [4.69, 9.17) is 0 Å². The highest BCUT2D eigenvalue weighted by atomic mass is 14.8. The summed E-state index contributed by atoms with van der Waals surface area (Å²) in [6, 6.07) is 43.9. The first kappa shape index (κ1) is 22.6. The van der Waals surface area contributed by atoms with Crippen molar-refractivity contribution in [3.05, 3.63) is 157 Å². The molecule has 0 aromatic heterocycles. The van der Waals surface area contributed by atoms with Gasteiger partial charge in [0.15, 0.2) is 0 Å². The minimum absolute atomic E-state index is 0.174. The van der Waals surface area contributed by atoms with Gasteiger partial charge in [-0.2, -0.15) is 0 Å². The smallest absolute Gasteiger partial charge is 0.291 e. The number of allylic oxidation sites excluding steroid dienone is 4. The lowest BCUT2D eigenvalue weighted by molar-refractivity contribution is 1.11. The predicted octanol–water partition coefficient (Wildman–Crippen LogP) is 8.30. The van der Waals surface area contributed by atoms with Crippen LogP contribution in [0.15, 0.2) is 146 Å². The first-order valence-electron chi connectivity index (χ1n) is 13.4. The molecule has 2 heteroatoms. The van der Waals surface area contributed by atoms with Crippen LogP contribution in [0.5, 0.6) is 0 Å². The van der Waals surface area contributed by atoms with E-state index in [0.29, 0.717) is 5.92 Å². The van der Waals surface area contributed by atoms with E-state index in [0.717, 1.165) is 12.0 Å². The van der Waals surface area contributed by atoms with Crippen LogP contribution in [0.2, 0.25) is 0 Å². The summed E-state index contributed by atoms with van der Waals surface area (Å²) in [5.74, 6) is 0.301. The quantitative estimate of drug-likeness (QED) is 0.247. The average Bonchev–Trinajstić information content (AvgIpc) is 3.53. The van der Waals surface area contributed by atoms with Crippen LogP contribution in [0.4, 0.5) is 5.69 Å². The Kier molecular flexibility index (Phi) is 5.79. The van der Waals surface area contributed by atoms with Crippen molar-refractivity contribution in [1.29, 1.82) is 0 Å². The van der Waals surface area contributed by atoms with E-state index in [1.165, 1.54) is 50.0 Å². The molecule has 0 spiro atoms. The highest BCUT2D eigenvalue weighted by molar-refractivity contribution is 6.78. The van der Waals surface area contributed by atoms with Crippen LogP contribution in [0, 0.1) is 0 Å². The van der Waals surface area contributed by atoms with Crippen molar-refractivity contribution < 1.29 is 0 Å². The third kappa shape index (κ3) is 4.09. The van der Waals surface area contributed by atoms with Gasteiger partial charge in [0.25, 0.3) is 6.85 Å². The summed E-state index contributed by atoms with van der Waals surface area (Å²) in [6.45, 7) is 0.174. The minimum atomic E-state index is 0.174. The Hall–Kier alpha value is -4.56. The second kappa shape index (κ2) is 9.72. The molecule has 1 nitrogen and oxygen atoms in total. The summed E-state index contributed by atoms with van der Waals surface area (Å²) in [5, 5.41) is 3.91. The molecule has 5 aromatic carbocycles. The topological polar surface area (TPSA) is 12.0 Å². The Morgan fingerprint density at radius 3 is 1.95 bits per heavy atom. The molecule has 0 bridgehead atoms. The molecule has 0 saturated heterocycles. The normalized spacial score (nSPS) is 13.8. The fraction of sp³-hybridized carbons (Fsp3) is 0.0556. The van der Waals surface area contributed by atoms with Crippen molar-refractivity contribution in [2.24, 2.45) is 0 Å². The Morgan fingerprint density at radius 2 is 1.24 bits per heavy atom. The van der Waals surface area contributed by atoms with E-state index in [2.05, 4.69) is 151 Å². The Balaban J connectivity index is 1.48. The first-order chi connectivity index (χ1) is 18.8. The molecule has 38 heavy (non-hydrogen) atoms. The number of benzene rings is 5. The zero-order chi connectivity index (χ0) is 25.3. The lowest BCUT2D eigenvalue weighted by Crippen LogP contribution is -2.47. The molecule has 1 aliphatic heterocycles. The molecular weight excluding hydrogens is 457 g/mol. The second-order valence-corrected chi connectivity index (χ2v) is 10.2. The number of fused-ring (bicyclic) bond motifs is 3. The van der Waals surface area contributed by atoms with Gasteiger partial charge in [0, 0.05) is 11.6 Å². The molecule has 180 valence electrons. The average molecular weight is 485 g/mol. The maximum absolute atomic E-state index is 3.91. The van der Waals surface area contributed by atoms with Crippen LogP contribution in [-0.4, -0.2) is 6.85 Å². The molecule has 1 N–H and O–H groups in total. The van der Waals surface area contributed by atoms with Crippen LogP contribution in [0.1, 0.15) is 17.0 Å². The van der Waals surface area contributed by atoms with Crippen molar-refractivity contribution in [2.75, 3.05) is 5.23 Å². The standard InChI is InChI=1S/C36H28BN/c1-4-13-26(14-5-1)29-23-30-25-37(38-31-19-8-3-9-20-31)36-32(27-17-10-11-18-27)21-12-22-33(36)35(30)34(24-29)28-15-6-2-7-16-28/h1-24,27,38H,25H2. The van der Waals surface area contributed by atoms with Gasteiger partial charge in [-0.3, -0.25) is 0 Å². The number of anilines is 1. The predicted molar refractivity (Wildman–Crippen MR) is 163 cm³/mol. The molecule has 0 atom stereocenters. The summed E-state index contributed by atoms with van der Waals surface area (Å²) in [5.41, 5.74) is 13.1. The van der Waals surface area contributed by atoms with Crippen molar-refractivity contribution in [3.63, 3.8) is 0 Å². The lowest BCUT2D eigenvalue weighted by atomic mass is 9.45. The summed E-state index contributed by atoms with van der Waals surface area (Å²) < 4.78 is 0. The number of para-hydroxylation sites is 1. The summed E-state index contributed by atoms with van der Waals surface area (Å²) in [4.78, 5) is 0. The van der Waals surface area contributed by atoms with Gasteiger partial charge in [-0.05, 0) is 74.5 Å². The van der Waals surface area contributed by atoms with E-state index >= 15 is 0 Å². The van der Waals surface area contributed by atoms with Crippen molar-refractivity contribution in [3.8, 4) is 33.4 Å². The molecule has 0 radical (unpaired) electrons. The number of rotatable bonds is 5. The van der Waals surface area contributed by atoms with Gasteiger partial charge in [-0.15, -0.1) is 0 Å². The zero-order valence-electron chi connectivity index (χ0n) is 21.2. The Labute approximate surface area is 225 Å². The van der Waals surface area contributed by atoms with E-state index in [9.17, 15) is 0 Å². The van der Waals surface area contributed by atoms with Gasteiger partial charge in [-0.25, -0.2) is 0 Å². The lowest BCUT2D eigenvalue weighted by Gasteiger charge is -2.32.